The van der Waals surface area contributed by atoms with Gasteiger partial charge in [-0.15, -0.1) is 11.3 Å². The van der Waals surface area contributed by atoms with Crippen molar-refractivity contribution in [2.75, 3.05) is 23.8 Å². The fraction of sp³-hybridized carbons (Fsp3) is 0.231. The van der Waals surface area contributed by atoms with Gasteiger partial charge in [0.05, 0.1) is 11.4 Å². The van der Waals surface area contributed by atoms with Crippen LogP contribution < -0.4 is 10.2 Å². The molecule has 3 rings (SSSR count). The molecule has 2 aromatic rings. The van der Waals surface area contributed by atoms with E-state index in [1.807, 2.05) is 6.92 Å². The Kier molecular flexibility index (Phi) is 3.09. The highest BCUT2D eigenvalue weighted by Gasteiger charge is 2.26. The van der Waals surface area contributed by atoms with Gasteiger partial charge in [-0.1, -0.05) is 0 Å². The minimum absolute atomic E-state index is 0.135. The maximum absolute atomic E-state index is 11.6. The number of hydrogen-bond donors (Lipinski definition) is 2. The number of aryl methyl sites for hydroxylation is 1. The standard InChI is InChI=1S/C13H12N4O3S/c1-6-3-7(13(19)20)21-11(6)9-10-12(15-5-14-9)16-8(18)4-17(10)2/h3,5H,4H2,1-2H3,(H,19,20)(H,14,15,16,18). The third-order valence-electron chi connectivity index (χ3n) is 3.19. The van der Waals surface area contributed by atoms with Crippen molar-refractivity contribution < 1.29 is 14.7 Å². The third kappa shape index (κ3) is 2.23. The van der Waals surface area contributed by atoms with Crippen LogP contribution in [0.5, 0.6) is 0 Å². The summed E-state index contributed by atoms with van der Waals surface area (Å²) in [5, 5.41) is 11.8. The van der Waals surface area contributed by atoms with Crippen LogP contribution in [0.2, 0.25) is 0 Å². The Balaban J connectivity index is 2.18. The highest BCUT2D eigenvalue weighted by Crippen LogP contribution is 2.40. The normalized spacial score (nSPS) is 13.8. The average molecular weight is 304 g/mol. The Labute approximate surface area is 124 Å². The second-order valence-corrected chi connectivity index (χ2v) is 5.80. The molecule has 0 radical (unpaired) electrons. The molecule has 0 saturated heterocycles. The zero-order valence-electron chi connectivity index (χ0n) is 11.4. The van der Waals surface area contributed by atoms with Crippen molar-refractivity contribution in [3.8, 4) is 10.6 Å². The highest BCUT2D eigenvalue weighted by atomic mass is 32.1. The first-order valence-corrected chi connectivity index (χ1v) is 6.99. The fourth-order valence-electron chi connectivity index (χ4n) is 2.29. The van der Waals surface area contributed by atoms with Gasteiger partial charge >= 0.3 is 5.97 Å². The van der Waals surface area contributed by atoms with E-state index in [0.717, 1.165) is 10.4 Å². The third-order valence-corrected chi connectivity index (χ3v) is 4.42. The number of hydrogen-bond acceptors (Lipinski definition) is 6. The first-order chi connectivity index (χ1) is 9.97. The second-order valence-electron chi connectivity index (χ2n) is 4.75. The van der Waals surface area contributed by atoms with Crippen LogP contribution in [0, 0.1) is 6.92 Å². The van der Waals surface area contributed by atoms with Gasteiger partial charge in [0.1, 0.15) is 22.6 Å². The quantitative estimate of drug-likeness (QED) is 0.875. The minimum atomic E-state index is -0.959. The summed E-state index contributed by atoms with van der Waals surface area (Å²) in [4.78, 5) is 33.8. The molecular weight excluding hydrogens is 292 g/mol. The number of thiophene rings is 1. The summed E-state index contributed by atoms with van der Waals surface area (Å²) in [5.74, 6) is -0.647. The van der Waals surface area contributed by atoms with Crippen LogP contribution in [0.1, 0.15) is 15.2 Å². The van der Waals surface area contributed by atoms with E-state index in [1.165, 1.54) is 17.7 Å². The number of rotatable bonds is 2. The lowest BCUT2D eigenvalue weighted by molar-refractivity contribution is -0.115. The molecule has 21 heavy (non-hydrogen) atoms. The summed E-state index contributed by atoms with van der Waals surface area (Å²) in [6, 6.07) is 1.62. The van der Waals surface area contributed by atoms with Crippen LogP contribution in [0.25, 0.3) is 10.6 Å². The Hall–Kier alpha value is -2.48. The smallest absolute Gasteiger partial charge is 0.345 e. The first-order valence-electron chi connectivity index (χ1n) is 6.17. The van der Waals surface area contributed by atoms with Crippen molar-refractivity contribution >= 4 is 34.7 Å². The summed E-state index contributed by atoms with van der Waals surface area (Å²) >= 11 is 1.17. The number of carbonyl (C=O) groups excluding carboxylic acids is 1. The highest BCUT2D eigenvalue weighted by molar-refractivity contribution is 7.17. The number of likely N-dealkylation sites (N-methyl/N-ethyl adjacent to an activating group) is 1. The van der Waals surface area contributed by atoms with Gasteiger partial charge in [0.2, 0.25) is 5.91 Å². The molecule has 0 saturated carbocycles. The summed E-state index contributed by atoms with van der Waals surface area (Å²) in [7, 11) is 1.78. The second kappa shape index (κ2) is 4.81. The Bertz CT molecular complexity index is 756. The van der Waals surface area contributed by atoms with Crippen molar-refractivity contribution in [2.24, 2.45) is 0 Å². The Morgan fingerprint density at radius 2 is 2.24 bits per heavy atom. The molecule has 2 N–H and O–H groups in total. The van der Waals surface area contributed by atoms with E-state index < -0.39 is 5.97 Å². The van der Waals surface area contributed by atoms with Crippen LogP contribution in [0.4, 0.5) is 11.5 Å². The van der Waals surface area contributed by atoms with Gasteiger partial charge in [-0.3, -0.25) is 4.79 Å². The predicted molar refractivity (Wildman–Crippen MR) is 78.9 cm³/mol. The maximum atomic E-state index is 11.6. The van der Waals surface area contributed by atoms with Crippen molar-refractivity contribution in [3.05, 3.63) is 22.8 Å². The summed E-state index contributed by atoms with van der Waals surface area (Å²) in [6.07, 6.45) is 1.37. The fourth-order valence-corrected chi connectivity index (χ4v) is 3.30. The van der Waals surface area contributed by atoms with Crippen LogP contribution >= 0.6 is 11.3 Å². The van der Waals surface area contributed by atoms with E-state index in [4.69, 9.17) is 5.11 Å². The molecule has 0 atom stereocenters. The monoisotopic (exact) mass is 304 g/mol. The Morgan fingerprint density at radius 1 is 1.48 bits per heavy atom. The first kappa shape index (κ1) is 13.5. The van der Waals surface area contributed by atoms with Gasteiger partial charge < -0.3 is 15.3 Å². The van der Waals surface area contributed by atoms with Crippen LogP contribution in [0.15, 0.2) is 12.4 Å². The molecule has 0 aliphatic carbocycles. The van der Waals surface area contributed by atoms with Gasteiger partial charge in [-0.2, -0.15) is 0 Å². The van der Waals surface area contributed by atoms with Gasteiger partial charge in [0, 0.05) is 7.05 Å². The molecule has 1 aliphatic heterocycles. The molecule has 1 aliphatic rings. The predicted octanol–water partition coefficient (Wildman–Crippen LogP) is 1.60. The number of amides is 1. The summed E-state index contributed by atoms with van der Waals surface area (Å²) < 4.78 is 0. The number of nitrogens with one attached hydrogen (secondary N) is 1. The van der Waals surface area contributed by atoms with Gasteiger partial charge in [-0.05, 0) is 18.6 Å². The lowest BCUT2D eigenvalue weighted by Crippen LogP contribution is -2.36. The van der Waals surface area contributed by atoms with Gasteiger partial charge in [0.15, 0.2) is 5.82 Å². The maximum Gasteiger partial charge on any atom is 0.345 e. The van der Waals surface area contributed by atoms with Gasteiger partial charge in [-0.25, -0.2) is 14.8 Å². The zero-order valence-corrected chi connectivity index (χ0v) is 12.2. The lowest BCUT2D eigenvalue weighted by atomic mass is 10.1. The molecule has 1 amide bonds. The molecule has 7 nitrogen and oxygen atoms in total. The van der Waals surface area contributed by atoms with Gasteiger partial charge in [0.25, 0.3) is 0 Å². The van der Waals surface area contributed by atoms with Crippen LogP contribution in [0.3, 0.4) is 0 Å². The van der Waals surface area contributed by atoms with Crippen LogP contribution in [-0.2, 0) is 4.79 Å². The molecule has 0 bridgehead atoms. The SMILES string of the molecule is Cc1cc(C(=O)O)sc1-c1ncnc2c1N(C)CC(=O)N2. The van der Waals surface area contributed by atoms with E-state index in [0.29, 0.717) is 17.2 Å². The molecule has 8 heteroatoms. The zero-order chi connectivity index (χ0) is 15.1. The average Bonchev–Trinajstić information content (AvgIpc) is 2.80. The van der Waals surface area contributed by atoms with Crippen molar-refractivity contribution in [1.82, 2.24) is 9.97 Å². The number of nitrogens with zero attached hydrogens (tertiary/aromatic N) is 3. The molecular formula is C13H12N4O3S. The summed E-state index contributed by atoms with van der Waals surface area (Å²) in [6.45, 7) is 2.05. The largest absolute Gasteiger partial charge is 0.477 e. The minimum Gasteiger partial charge on any atom is -0.477 e. The topological polar surface area (TPSA) is 95.4 Å². The van der Waals surface area contributed by atoms with E-state index in [1.54, 1.807) is 18.0 Å². The number of carbonyl (C=O) groups is 2. The summed E-state index contributed by atoms with van der Waals surface area (Å²) in [5.41, 5.74) is 2.18. The van der Waals surface area contributed by atoms with Crippen molar-refractivity contribution in [3.63, 3.8) is 0 Å². The van der Waals surface area contributed by atoms with E-state index >= 15 is 0 Å². The lowest BCUT2D eigenvalue weighted by Gasteiger charge is -2.27. The molecule has 0 aromatic carbocycles. The van der Waals surface area contributed by atoms with Crippen molar-refractivity contribution in [2.45, 2.75) is 6.92 Å². The Morgan fingerprint density at radius 3 is 2.90 bits per heavy atom. The molecule has 3 heterocycles. The number of aromatic carboxylic acids is 1. The van der Waals surface area contributed by atoms with Crippen LogP contribution in [-0.4, -0.2) is 40.5 Å². The number of carboxylic acid groups (broad SMARTS) is 1. The molecule has 2 aromatic heterocycles. The number of fused-ring (bicyclic) bond motifs is 1. The molecule has 108 valence electrons. The number of anilines is 2. The van der Waals surface area contributed by atoms with E-state index in [2.05, 4.69) is 15.3 Å². The molecule has 0 spiro atoms. The van der Waals surface area contributed by atoms with E-state index in [-0.39, 0.29) is 17.3 Å². The number of carboxylic acids is 1. The van der Waals surface area contributed by atoms with E-state index in [9.17, 15) is 9.59 Å². The number of aromatic nitrogens is 2. The van der Waals surface area contributed by atoms with Crippen molar-refractivity contribution in [1.29, 1.82) is 0 Å². The molecule has 0 unspecified atom stereocenters. The molecule has 0 fully saturated rings.